The molecule has 5 rings (SSSR count). The van der Waals surface area contributed by atoms with Crippen LogP contribution in [-0.4, -0.2) is 32.4 Å². The van der Waals surface area contributed by atoms with Crippen LogP contribution in [0.1, 0.15) is 41.5 Å². The van der Waals surface area contributed by atoms with Gasteiger partial charge in [-0.05, 0) is 63.2 Å². The van der Waals surface area contributed by atoms with E-state index in [1.165, 1.54) is 4.79 Å². The lowest BCUT2D eigenvalue weighted by Crippen LogP contribution is -2.24. The van der Waals surface area contributed by atoms with Gasteiger partial charge in [0.05, 0.1) is 28.6 Å². The molecule has 3 aromatic heterocycles. The van der Waals surface area contributed by atoms with E-state index in [0.29, 0.717) is 44.7 Å². The lowest BCUT2D eigenvalue weighted by atomic mass is 10.0. The fraction of sp³-hybridized carbons (Fsp3) is 0.143. The Morgan fingerprint density at radius 3 is 2.56 bits per heavy atom. The summed E-state index contributed by atoms with van der Waals surface area (Å²) in [5.41, 5.74) is 5.51. The third-order valence-electron chi connectivity index (χ3n) is 5.33. The number of esters is 1. The maximum absolute atomic E-state index is 13.3. The summed E-state index contributed by atoms with van der Waals surface area (Å²) in [6.45, 7) is 5.46. The van der Waals surface area contributed by atoms with Crippen LogP contribution in [0, 0.1) is 0 Å². The number of carbonyl (C=O) groups is 2. The molecular formula is C28H24N4O4. The normalized spacial score (nSPS) is 11.4. The summed E-state index contributed by atoms with van der Waals surface area (Å²) in [5, 5.41) is 5.06. The Morgan fingerprint density at radius 1 is 0.944 bits per heavy atom. The molecule has 2 aromatic carbocycles. The van der Waals surface area contributed by atoms with Gasteiger partial charge in [-0.3, -0.25) is 4.79 Å². The maximum Gasteiger partial charge on any atom is 0.338 e. The number of pyridine rings is 1. The number of carbonyl (C=O) groups excluding carboxylic acids is 2. The molecule has 8 nitrogen and oxygen atoms in total. The minimum atomic E-state index is -0.608. The molecule has 1 N–H and O–H groups in total. The van der Waals surface area contributed by atoms with Crippen molar-refractivity contribution < 1.29 is 18.7 Å². The van der Waals surface area contributed by atoms with Crippen molar-refractivity contribution in [3.63, 3.8) is 0 Å². The van der Waals surface area contributed by atoms with E-state index < -0.39 is 11.6 Å². The van der Waals surface area contributed by atoms with Crippen LogP contribution in [0.5, 0.6) is 0 Å². The highest BCUT2D eigenvalue weighted by Crippen LogP contribution is 2.26. The zero-order chi connectivity index (χ0) is 25.3. The molecule has 36 heavy (non-hydrogen) atoms. The van der Waals surface area contributed by atoms with Crippen molar-refractivity contribution in [3.8, 4) is 22.7 Å². The number of nitrogens with zero attached hydrogens (tertiary/aromatic N) is 3. The van der Waals surface area contributed by atoms with Gasteiger partial charge >= 0.3 is 5.97 Å². The molecular weight excluding hydrogens is 456 g/mol. The van der Waals surface area contributed by atoms with Crippen molar-refractivity contribution >= 4 is 22.8 Å². The molecule has 0 saturated carbocycles. The highest BCUT2D eigenvalue weighted by atomic mass is 16.6. The highest BCUT2D eigenvalue weighted by molar-refractivity contribution is 6.10. The number of amides is 1. The van der Waals surface area contributed by atoms with E-state index in [4.69, 9.17) is 14.1 Å². The largest absolute Gasteiger partial charge is 0.463 e. The first-order valence-electron chi connectivity index (χ1n) is 11.4. The third-order valence-corrected chi connectivity index (χ3v) is 5.33. The number of furan rings is 1. The van der Waals surface area contributed by atoms with E-state index in [1.807, 2.05) is 51.1 Å². The zero-order valence-corrected chi connectivity index (χ0v) is 20.1. The van der Waals surface area contributed by atoms with Crippen LogP contribution in [0.3, 0.4) is 0 Å². The zero-order valence-electron chi connectivity index (χ0n) is 20.1. The Morgan fingerprint density at radius 2 is 1.78 bits per heavy atom. The van der Waals surface area contributed by atoms with E-state index in [9.17, 15) is 9.59 Å². The number of hydrogen-bond donors (Lipinski definition) is 1. The summed E-state index contributed by atoms with van der Waals surface area (Å²) in [4.78, 5) is 32.0. The van der Waals surface area contributed by atoms with Crippen molar-refractivity contribution in [2.75, 3.05) is 5.43 Å². The Kier molecular flexibility index (Phi) is 5.85. The van der Waals surface area contributed by atoms with E-state index in [2.05, 4.69) is 10.5 Å². The van der Waals surface area contributed by atoms with Crippen LogP contribution >= 0.6 is 0 Å². The van der Waals surface area contributed by atoms with Crippen molar-refractivity contribution in [3.05, 3.63) is 96.4 Å². The van der Waals surface area contributed by atoms with Crippen LogP contribution in [0.4, 0.5) is 0 Å². The second-order valence-corrected chi connectivity index (χ2v) is 9.22. The Hall–Kier alpha value is -4.72. The van der Waals surface area contributed by atoms with Crippen LogP contribution in [0.15, 0.2) is 89.7 Å². The smallest absolute Gasteiger partial charge is 0.338 e. The molecule has 0 spiro atoms. The molecule has 0 saturated heterocycles. The summed E-state index contributed by atoms with van der Waals surface area (Å²) in [6, 6.07) is 21.5. The van der Waals surface area contributed by atoms with Crippen LogP contribution in [-0.2, 0) is 4.74 Å². The molecule has 0 aliphatic heterocycles. The monoisotopic (exact) mass is 480 g/mol. The van der Waals surface area contributed by atoms with Gasteiger partial charge in [-0.1, -0.05) is 30.3 Å². The number of ether oxygens (including phenoxy) is 1. The average molecular weight is 481 g/mol. The summed E-state index contributed by atoms with van der Waals surface area (Å²) in [5.74, 6) is -0.175. The predicted molar refractivity (Wildman–Crippen MR) is 136 cm³/mol. The fourth-order valence-electron chi connectivity index (χ4n) is 3.76. The second-order valence-electron chi connectivity index (χ2n) is 9.22. The Labute approximate surface area is 207 Å². The number of fused-ring (bicyclic) bond motifs is 1. The predicted octanol–water partition coefficient (Wildman–Crippen LogP) is 5.70. The molecule has 0 aliphatic rings. The van der Waals surface area contributed by atoms with Crippen molar-refractivity contribution in [1.29, 1.82) is 0 Å². The molecule has 0 atom stereocenters. The molecule has 0 fully saturated rings. The topological polar surface area (TPSA) is 99.2 Å². The van der Waals surface area contributed by atoms with E-state index >= 15 is 0 Å². The number of rotatable bonds is 5. The lowest BCUT2D eigenvalue weighted by molar-refractivity contribution is 0.00694. The molecule has 3 heterocycles. The number of para-hydroxylation sites is 1. The van der Waals surface area contributed by atoms with Gasteiger partial charge < -0.3 is 9.15 Å². The minimum Gasteiger partial charge on any atom is -0.463 e. The van der Waals surface area contributed by atoms with Gasteiger partial charge in [-0.25, -0.2) is 15.2 Å². The van der Waals surface area contributed by atoms with E-state index in [1.54, 1.807) is 54.9 Å². The van der Waals surface area contributed by atoms with Gasteiger partial charge in [0.25, 0.3) is 5.91 Å². The SMILES string of the molecule is CC(C)(C)OC(=O)c1cccc(-c2cc(C(=O)Nn3ccc(-c4ccco4)n3)c3ccccc3n2)c1. The quantitative estimate of drug-likeness (QED) is 0.324. The fourth-order valence-corrected chi connectivity index (χ4v) is 3.76. The summed E-state index contributed by atoms with van der Waals surface area (Å²) >= 11 is 0. The van der Waals surface area contributed by atoms with Crippen molar-refractivity contribution in [1.82, 2.24) is 14.9 Å². The number of hydrogen-bond acceptors (Lipinski definition) is 6. The van der Waals surface area contributed by atoms with E-state index in [-0.39, 0.29) is 5.91 Å². The van der Waals surface area contributed by atoms with Crippen molar-refractivity contribution in [2.45, 2.75) is 26.4 Å². The van der Waals surface area contributed by atoms with Gasteiger partial charge in [0.1, 0.15) is 11.3 Å². The number of benzene rings is 2. The molecule has 5 aromatic rings. The second kappa shape index (κ2) is 9.14. The third kappa shape index (κ3) is 4.88. The van der Waals surface area contributed by atoms with Gasteiger partial charge in [0.15, 0.2) is 5.76 Å². The first kappa shape index (κ1) is 23.0. The summed E-state index contributed by atoms with van der Waals surface area (Å²) < 4.78 is 10.9. The van der Waals surface area contributed by atoms with Gasteiger partial charge in [-0.2, -0.15) is 4.79 Å². The summed E-state index contributed by atoms with van der Waals surface area (Å²) in [7, 11) is 0. The van der Waals surface area contributed by atoms with Gasteiger partial charge in [-0.15, -0.1) is 5.10 Å². The number of aromatic nitrogens is 3. The Bertz CT molecular complexity index is 1560. The van der Waals surface area contributed by atoms with E-state index in [0.717, 1.165) is 0 Å². The van der Waals surface area contributed by atoms with Crippen LogP contribution < -0.4 is 5.43 Å². The molecule has 0 radical (unpaired) electrons. The molecule has 1 amide bonds. The molecule has 180 valence electrons. The molecule has 8 heteroatoms. The van der Waals surface area contributed by atoms with Gasteiger partial charge in [0.2, 0.25) is 0 Å². The number of nitrogens with one attached hydrogen (secondary N) is 1. The molecule has 0 aliphatic carbocycles. The molecule has 0 unspecified atom stereocenters. The molecule has 0 bridgehead atoms. The standard InChI is InChI=1S/C28H24N4O4/c1-28(2,3)36-27(34)19-9-6-8-18(16-19)24-17-21(20-10-4-5-11-22(20)29-24)26(33)31-32-14-13-23(30-32)25-12-7-15-35-25/h4-17H,1-3H3,(H,31,33). The minimum absolute atomic E-state index is 0.354. The summed E-state index contributed by atoms with van der Waals surface area (Å²) in [6.07, 6.45) is 3.21. The average Bonchev–Trinajstić information content (AvgIpc) is 3.54. The van der Waals surface area contributed by atoms with Crippen LogP contribution in [0.2, 0.25) is 0 Å². The lowest BCUT2D eigenvalue weighted by Gasteiger charge is -2.19. The maximum atomic E-state index is 13.3. The van der Waals surface area contributed by atoms with Crippen LogP contribution in [0.25, 0.3) is 33.6 Å². The first-order chi connectivity index (χ1) is 17.3. The Balaban J connectivity index is 1.49. The highest BCUT2D eigenvalue weighted by Gasteiger charge is 2.19. The first-order valence-corrected chi connectivity index (χ1v) is 11.4. The van der Waals surface area contributed by atoms with Gasteiger partial charge in [0, 0.05) is 17.1 Å². The van der Waals surface area contributed by atoms with Crippen molar-refractivity contribution in [2.24, 2.45) is 0 Å².